The molecule has 0 amide bonds. The second kappa shape index (κ2) is 11.7. The van der Waals surface area contributed by atoms with Gasteiger partial charge in [-0.2, -0.15) is 0 Å². The van der Waals surface area contributed by atoms with Gasteiger partial charge in [-0.15, -0.1) is 0 Å². The monoisotopic (exact) mass is 271 g/mol. The third kappa shape index (κ3) is 9.42. The van der Waals surface area contributed by atoms with E-state index in [-0.39, 0.29) is 12.5 Å². The molecule has 1 heterocycles. The molecule has 0 spiro atoms. The van der Waals surface area contributed by atoms with Crippen LogP contribution in [0.2, 0.25) is 0 Å². The predicted octanol–water partition coefficient (Wildman–Crippen LogP) is 4.35. The fraction of sp³-hybridized carbons (Fsp3) is 1.00. The number of ether oxygens (including phenoxy) is 2. The van der Waals surface area contributed by atoms with Crippen molar-refractivity contribution in [1.82, 2.24) is 0 Å². The lowest BCUT2D eigenvalue weighted by molar-refractivity contribution is -0.188. The lowest BCUT2D eigenvalue weighted by Gasteiger charge is -2.25. The van der Waals surface area contributed by atoms with Crippen molar-refractivity contribution in [3.63, 3.8) is 0 Å². The first-order chi connectivity index (χ1) is 9.33. The topological polar surface area (TPSA) is 44.5 Å². The van der Waals surface area contributed by atoms with E-state index in [1.807, 2.05) is 0 Å². The molecule has 3 nitrogen and oxygen atoms in total. The number of hydrogen-bond donors (Lipinski definition) is 1. The van der Waals surface area contributed by atoms with Crippen LogP contribution in [0.1, 0.15) is 84.0 Å². The average Bonchev–Trinajstić information content (AvgIpc) is 2.43. The van der Waals surface area contributed by atoms with E-state index in [0.29, 0.717) is 0 Å². The van der Waals surface area contributed by atoms with E-state index in [0.717, 1.165) is 25.9 Å². The fourth-order valence-corrected chi connectivity index (χ4v) is 2.56. The first-order valence-electron chi connectivity index (χ1n) is 8.35. The molecule has 2 unspecified atom stereocenters. The summed E-state index contributed by atoms with van der Waals surface area (Å²) in [6.45, 7) is 3.09. The summed E-state index contributed by atoms with van der Waals surface area (Å²) >= 11 is 0. The molecular weight excluding hydrogens is 238 g/mol. The zero-order valence-corrected chi connectivity index (χ0v) is 12.7. The summed E-state index contributed by atoms with van der Waals surface area (Å²) in [5, 5.41) is 0. The molecule has 3 heteroatoms. The molecule has 2 N–H and O–H groups in total. The Morgan fingerprint density at radius 1 is 1.05 bits per heavy atom. The van der Waals surface area contributed by atoms with Crippen LogP contribution in [0.3, 0.4) is 0 Å². The van der Waals surface area contributed by atoms with Crippen LogP contribution in [0.15, 0.2) is 0 Å². The van der Waals surface area contributed by atoms with Gasteiger partial charge >= 0.3 is 0 Å². The maximum atomic E-state index is 5.98. The lowest BCUT2D eigenvalue weighted by atomic mass is 10.1. The van der Waals surface area contributed by atoms with Crippen molar-refractivity contribution in [2.24, 2.45) is 5.73 Å². The molecule has 1 fully saturated rings. The van der Waals surface area contributed by atoms with Gasteiger partial charge in [-0.25, -0.2) is 0 Å². The Hall–Kier alpha value is -0.120. The molecule has 0 radical (unpaired) electrons. The van der Waals surface area contributed by atoms with Crippen LogP contribution in [-0.4, -0.2) is 19.1 Å². The van der Waals surface area contributed by atoms with Gasteiger partial charge in [0.1, 0.15) is 6.23 Å². The van der Waals surface area contributed by atoms with Crippen molar-refractivity contribution in [2.75, 3.05) is 6.61 Å². The molecule has 0 aliphatic carbocycles. The summed E-state index contributed by atoms with van der Waals surface area (Å²) in [5.74, 6) is 0. The third-order valence-corrected chi connectivity index (χ3v) is 3.81. The Balaban J connectivity index is 1.85. The fourth-order valence-electron chi connectivity index (χ4n) is 2.56. The highest BCUT2D eigenvalue weighted by atomic mass is 16.7. The summed E-state index contributed by atoms with van der Waals surface area (Å²) in [7, 11) is 0. The van der Waals surface area contributed by atoms with Gasteiger partial charge in [-0.1, -0.05) is 51.9 Å². The van der Waals surface area contributed by atoms with Crippen molar-refractivity contribution in [3.8, 4) is 0 Å². The minimum Gasteiger partial charge on any atom is -0.353 e. The Labute approximate surface area is 119 Å². The highest BCUT2D eigenvalue weighted by Gasteiger charge is 2.16. The first-order valence-corrected chi connectivity index (χ1v) is 8.35. The molecule has 0 saturated carbocycles. The molecule has 1 aliphatic heterocycles. The molecular formula is C16H33NO2. The number of nitrogens with two attached hydrogens (primary N) is 1. The molecule has 1 aliphatic rings. The molecule has 0 bridgehead atoms. The Morgan fingerprint density at radius 2 is 1.74 bits per heavy atom. The lowest BCUT2D eigenvalue weighted by Crippen LogP contribution is -2.33. The van der Waals surface area contributed by atoms with Crippen LogP contribution >= 0.6 is 0 Å². The van der Waals surface area contributed by atoms with E-state index in [1.54, 1.807) is 0 Å². The summed E-state index contributed by atoms with van der Waals surface area (Å²) in [5.41, 5.74) is 5.98. The minimum absolute atomic E-state index is 0.0437. The van der Waals surface area contributed by atoms with Gasteiger partial charge in [-0.05, 0) is 32.1 Å². The first kappa shape index (κ1) is 16.9. The van der Waals surface area contributed by atoms with Gasteiger partial charge in [0.25, 0.3) is 0 Å². The van der Waals surface area contributed by atoms with Crippen molar-refractivity contribution < 1.29 is 9.47 Å². The van der Waals surface area contributed by atoms with E-state index in [2.05, 4.69) is 6.92 Å². The molecule has 0 aromatic carbocycles. The highest BCUT2D eigenvalue weighted by molar-refractivity contribution is 4.58. The van der Waals surface area contributed by atoms with E-state index < -0.39 is 0 Å². The van der Waals surface area contributed by atoms with Gasteiger partial charge < -0.3 is 15.2 Å². The second-order valence-corrected chi connectivity index (χ2v) is 5.73. The molecule has 0 aromatic rings. The van der Waals surface area contributed by atoms with Crippen molar-refractivity contribution in [3.05, 3.63) is 0 Å². The van der Waals surface area contributed by atoms with E-state index in [1.165, 1.54) is 57.8 Å². The van der Waals surface area contributed by atoms with Crippen molar-refractivity contribution >= 4 is 0 Å². The van der Waals surface area contributed by atoms with E-state index in [4.69, 9.17) is 15.2 Å². The van der Waals surface area contributed by atoms with Gasteiger partial charge in [0.15, 0.2) is 6.29 Å². The largest absolute Gasteiger partial charge is 0.353 e. The van der Waals surface area contributed by atoms with Crippen LogP contribution in [0.25, 0.3) is 0 Å². The molecule has 1 saturated heterocycles. The number of rotatable bonds is 11. The number of hydrogen-bond acceptors (Lipinski definition) is 3. The Kier molecular flexibility index (Phi) is 10.4. The SMILES string of the molecule is CCCCCCCCCCC(N)OC1CCCCO1. The molecule has 0 aromatic heterocycles. The quantitative estimate of drug-likeness (QED) is 0.449. The van der Waals surface area contributed by atoms with E-state index >= 15 is 0 Å². The zero-order chi connectivity index (χ0) is 13.8. The second-order valence-electron chi connectivity index (χ2n) is 5.73. The maximum Gasteiger partial charge on any atom is 0.159 e. The standard InChI is InChI=1S/C16H33NO2/c1-2-3-4-5-6-7-8-9-12-15(17)19-16-13-10-11-14-18-16/h15-16H,2-14,17H2,1H3. The zero-order valence-electron chi connectivity index (χ0n) is 12.7. The summed E-state index contributed by atoms with van der Waals surface area (Å²) in [4.78, 5) is 0. The van der Waals surface area contributed by atoms with Crippen LogP contribution in [0, 0.1) is 0 Å². The van der Waals surface area contributed by atoms with Crippen molar-refractivity contribution in [2.45, 2.75) is 96.5 Å². The smallest absolute Gasteiger partial charge is 0.159 e. The van der Waals surface area contributed by atoms with Gasteiger partial charge in [0.2, 0.25) is 0 Å². The average molecular weight is 271 g/mol. The normalized spacial score (nSPS) is 21.5. The Morgan fingerprint density at radius 3 is 2.37 bits per heavy atom. The van der Waals surface area contributed by atoms with Crippen LogP contribution in [0.5, 0.6) is 0 Å². The molecule has 19 heavy (non-hydrogen) atoms. The van der Waals surface area contributed by atoms with Gasteiger partial charge in [0.05, 0.1) is 0 Å². The third-order valence-electron chi connectivity index (χ3n) is 3.81. The highest BCUT2D eigenvalue weighted by Crippen LogP contribution is 2.16. The summed E-state index contributed by atoms with van der Waals surface area (Å²) < 4.78 is 11.2. The summed E-state index contributed by atoms with van der Waals surface area (Å²) in [6.07, 6.45) is 14.9. The summed E-state index contributed by atoms with van der Waals surface area (Å²) in [6, 6.07) is 0. The molecule has 114 valence electrons. The predicted molar refractivity (Wildman–Crippen MR) is 79.9 cm³/mol. The van der Waals surface area contributed by atoms with Crippen LogP contribution < -0.4 is 5.73 Å². The van der Waals surface area contributed by atoms with Gasteiger partial charge in [-0.3, -0.25) is 0 Å². The Bertz CT molecular complexity index is 193. The molecule has 2 atom stereocenters. The van der Waals surface area contributed by atoms with E-state index in [9.17, 15) is 0 Å². The van der Waals surface area contributed by atoms with Crippen LogP contribution in [0.4, 0.5) is 0 Å². The van der Waals surface area contributed by atoms with Crippen LogP contribution in [-0.2, 0) is 9.47 Å². The number of unbranched alkanes of at least 4 members (excludes halogenated alkanes) is 7. The molecule has 1 rings (SSSR count). The maximum absolute atomic E-state index is 5.98. The van der Waals surface area contributed by atoms with Gasteiger partial charge in [0, 0.05) is 6.61 Å². The van der Waals surface area contributed by atoms with Crippen molar-refractivity contribution in [1.29, 1.82) is 0 Å². The minimum atomic E-state index is -0.136.